The molecule has 3 rings (SSSR count). The highest BCUT2D eigenvalue weighted by Gasteiger charge is 2.09. The van der Waals surface area contributed by atoms with Crippen molar-refractivity contribution >= 4 is 16.7 Å². The molecule has 0 aliphatic heterocycles. The van der Waals surface area contributed by atoms with Crippen LogP contribution in [-0.2, 0) is 6.54 Å². The lowest BCUT2D eigenvalue weighted by Crippen LogP contribution is -2.02. The molecule has 0 aliphatic carbocycles. The Morgan fingerprint density at radius 2 is 1.95 bits per heavy atom. The van der Waals surface area contributed by atoms with Gasteiger partial charge in [0.15, 0.2) is 11.5 Å². The molecular formula is C16H14FN3O2. The van der Waals surface area contributed by atoms with Crippen LogP contribution in [0.25, 0.3) is 10.9 Å². The van der Waals surface area contributed by atoms with Crippen LogP contribution in [-0.4, -0.2) is 22.2 Å². The first-order chi connectivity index (χ1) is 10.7. The Bertz CT molecular complexity index is 806. The van der Waals surface area contributed by atoms with Gasteiger partial charge >= 0.3 is 0 Å². The molecule has 112 valence electrons. The number of ether oxygens (including phenoxy) is 1. The summed E-state index contributed by atoms with van der Waals surface area (Å²) in [6.45, 7) is 0.485. The first-order valence-electron chi connectivity index (χ1n) is 6.67. The maximum atomic E-state index is 12.9. The number of phenols is 1. The monoisotopic (exact) mass is 299 g/mol. The summed E-state index contributed by atoms with van der Waals surface area (Å²) in [5.41, 5.74) is 1.58. The van der Waals surface area contributed by atoms with Gasteiger partial charge in [0.2, 0.25) is 0 Å². The normalized spacial score (nSPS) is 10.6. The van der Waals surface area contributed by atoms with E-state index in [9.17, 15) is 9.50 Å². The first kappa shape index (κ1) is 14.1. The van der Waals surface area contributed by atoms with E-state index < -0.39 is 0 Å². The number of fused-ring (bicyclic) bond motifs is 1. The van der Waals surface area contributed by atoms with Crippen LogP contribution >= 0.6 is 0 Å². The lowest BCUT2D eigenvalue weighted by molar-refractivity contribution is 0.374. The largest absolute Gasteiger partial charge is 0.504 e. The summed E-state index contributed by atoms with van der Waals surface area (Å²) < 4.78 is 18.0. The lowest BCUT2D eigenvalue weighted by Gasteiger charge is -2.10. The van der Waals surface area contributed by atoms with E-state index in [1.54, 1.807) is 24.3 Å². The number of halogens is 1. The van der Waals surface area contributed by atoms with Crippen LogP contribution in [0.2, 0.25) is 0 Å². The second-order valence-electron chi connectivity index (χ2n) is 4.74. The minimum atomic E-state index is -0.270. The number of anilines is 1. The fraction of sp³-hybridized carbons (Fsp3) is 0.125. The molecule has 0 unspecified atom stereocenters. The highest BCUT2D eigenvalue weighted by atomic mass is 19.1. The number of hydrogen-bond donors (Lipinski definition) is 2. The van der Waals surface area contributed by atoms with Gasteiger partial charge in [-0.3, -0.25) is 0 Å². The minimum absolute atomic E-state index is 0.0228. The minimum Gasteiger partial charge on any atom is -0.504 e. The summed E-state index contributed by atoms with van der Waals surface area (Å²) in [5, 5.41) is 13.7. The van der Waals surface area contributed by atoms with Crippen LogP contribution in [0.3, 0.4) is 0 Å². The van der Waals surface area contributed by atoms with E-state index in [-0.39, 0.29) is 11.6 Å². The maximum absolute atomic E-state index is 12.9. The van der Waals surface area contributed by atoms with Gasteiger partial charge in [-0.05, 0) is 23.8 Å². The van der Waals surface area contributed by atoms with E-state index in [4.69, 9.17) is 4.74 Å². The van der Waals surface area contributed by atoms with Gasteiger partial charge in [-0.25, -0.2) is 14.4 Å². The molecule has 0 bridgehead atoms. The number of aromatic nitrogens is 2. The molecule has 2 N–H and O–H groups in total. The topological polar surface area (TPSA) is 67.3 Å². The fourth-order valence-corrected chi connectivity index (χ4v) is 2.16. The highest BCUT2D eigenvalue weighted by Crippen LogP contribution is 2.32. The zero-order chi connectivity index (χ0) is 15.5. The SMILES string of the molecule is COc1cc2ncnc(NCc3ccc(F)cc3)c2cc1O. The van der Waals surface area contributed by atoms with Crippen LogP contribution in [0, 0.1) is 5.82 Å². The van der Waals surface area contributed by atoms with Crippen molar-refractivity contribution in [2.75, 3.05) is 12.4 Å². The Morgan fingerprint density at radius 1 is 1.18 bits per heavy atom. The van der Waals surface area contributed by atoms with E-state index in [2.05, 4.69) is 15.3 Å². The number of benzene rings is 2. The third kappa shape index (κ3) is 2.76. The molecular weight excluding hydrogens is 285 g/mol. The summed E-state index contributed by atoms with van der Waals surface area (Å²) in [6, 6.07) is 9.42. The molecule has 1 heterocycles. The average Bonchev–Trinajstić information content (AvgIpc) is 2.54. The van der Waals surface area contributed by atoms with Crippen molar-refractivity contribution in [3.8, 4) is 11.5 Å². The van der Waals surface area contributed by atoms with Crippen LogP contribution < -0.4 is 10.1 Å². The summed E-state index contributed by atoms with van der Waals surface area (Å²) in [6.07, 6.45) is 1.44. The third-order valence-electron chi connectivity index (χ3n) is 3.31. The van der Waals surface area contributed by atoms with Crippen molar-refractivity contribution in [2.45, 2.75) is 6.54 Å². The van der Waals surface area contributed by atoms with E-state index in [1.165, 1.54) is 25.6 Å². The van der Waals surface area contributed by atoms with Crippen molar-refractivity contribution in [1.29, 1.82) is 0 Å². The standard InChI is InChI=1S/C16H14FN3O2/c1-22-15-7-13-12(6-14(15)21)16(20-9-19-13)18-8-10-2-4-11(17)5-3-10/h2-7,9,21H,8H2,1H3,(H,18,19,20). The highest BCUT2D eigenvalue weighted by molar-refractivity contribution is 5.91. The number of nitrogens with one attached hydrogen (secondary N) is 1. The summed E-state index contributed by atoms with van der Waals surface area (Å²) >= 11 is 0. The summed E-state index contributed by atoms with van der Waals surface area (Å²) in [5.74, 6) is 0.700. The van der Waals surface area contributed by atoms with Gasteiger partial charge in [0.25, 0.3) is 0 Å². The Hall–Kier alpha value is -2.89. The molecule has 0 aliphatic rings. The predicted molar refractivity (Wildman–Crippen MR) is 81.5 cm³/mol. The Labute approximate surface area is 126 Å². The molecule has 0 saturated carbocycles. The molecule has 0 atom stereocenters. The van der Waals surface area contributed by atoms with Crippen molar-refractivity contribution in [3.63, 3.8) is 0 Å². The molecule has 1 aromatic heterocycles. The van der Waals surface area contributed by atoms with Crippen LogP contribution in [0.5, 0.6) is 11.5 Å². The summed E-state index contributed by atoms with van der Waals surface area (Å²) in [4.78, 5) is 8.35. The van der Waals surface area contributed by atoms with Gasteiger partial charge in [0, 0.05) is 18.0 Å². The van der Waals surface area contributed by atoms with E-state index in [0.29, 0.717) is 29.0 Å². The third-order valence-corrected chi connectivity index (χ3v) is 3.31. The Balaban J connectivity index is 1.90. The Morgan fingerprint density at radius 3 is 2.68 bits per heavy atom. The van der Waals surface area contributed by atoms with Crippen LogP contribution in [0.4, 0.5) is 10.2 Å². The molecule has 0 spiro atoms. The number of methoxy groups -OCH3 is 1. The molecule has 0 fully saturated rings. The molecule has 3 aromatic rings. The van der Waals surface area contributed by atoms with Gasteiger partial charge in [-0.15, -0.1) is 0 Å². The molecule has 22 heavy (non-hydrogen) atoms. The van der Waals surface area contributed by atoms with E-state index >= 15 is 0 Å². The Kier molecular flexibility index (Phi) is 3.74. The van der Waals surface area contributed by atoms with E-state index in [0.717, 1.165) is 5.56 Å². The maximum Gasteiger partial charge on any atom is 0.162 e. The van der Waals surface area contributed by atoms with Crippen molar-refractivity contribution in [3.05, 3.63) is 54.1 Å². The smallest absolute Gasteiger partial charge is 0.162 e. The number of rotatable bonds is 4. The van der Waals surface area contributed by atoms with Gasteiger partial charge in [-0.2, -0.15) is 0 Å². The van der Waals surface area contributed by atoms with Gasteiger partial charge in [0.1, 0.15) is 18.0 Å². The molecule has 0 saturated heterocycles. The fourth-order valence-electron chi connectivity index (χ4n) is 2.16. The van der Waals surface area contributed by atoms with Crippen molar-refractivity contribution in [1.82, 2.24) is 9.97 Å². The number of aromatic hydroxyl groups is 1. The van der Waals surface area contributed by atoms with Crippen molar-refractivity contribution in [2.24, 2.45) is 0 Å². The number of hydrogen-bond acceptors (Lipinski definition) is 5. The van der Waals surface area contributed by atoms with Gasteiger partial charge < -0.3 is 15.2 Å². The zero-order valence-electron chi connectivity index (χ0n) is 11.9. The predicted octanol–water partition coefficient (Wildman–Crippen LogP) is 3.10. The average molecular weight is 299 g/mol. The molecule has 6 heteroatoms. The van der Waals surface area contributed by atoms with Crippen LogP contribution in [0.15, 0.2) is 42.7 Å². The number of nitrogens with zero attached hydrogens (tertiary/aromatic N) is 2. The molecule has 0 radical (unpaired) electrons. The molecule has 5 nitrogen and oxygen atoms in total. The second kappa shape index (κ2) is 5.85. The lowest BCUT2D eigenvalue weighted by atomic mass is 10.2. The number of phenolic OH excluding ortho intramolecular Hbond substituents is 1. The quantitative estimate of drug-likeness (QED) is 0.775. The second-order valence-corrected chi connectivity index (χ2v) is 4.74. The molecule has 2 aromatic carbocycles. The van der Waals surface area contributed by atoms with E-state index in [1.807, 2.05) is 0 Å². The first-order valence-corrected chi connectivity index (χ1v) is 6.67. The zero-order valence-corrected chi connectivity index (χ0v) is 11.9. The van der Waals surface area contributed by atoms with Crippen LogP contribution in [0.1, 0.15) is 5.56 Å². The van der Waals surface area contributed by atoms with Crippen molar-refractivity contribution < 1.29 is 14.2 Å². The van der Waals surface area contributed by atoms with Gasteiger partial charge in [0.05, 0.1) is 12.6 Å². The summed E-state index contributed by atoms with van der Waals surface area (Å²) in [7, 11) is 1.48. The van der Waals surface area contributed by atoms with Gasteiger partial charge in [-0.1, -0.05) is 12.1 Å². The molecule has 0 amide bonds.